The summed E-state index contributed by atoms with van der Waals surface area (Å²) >= 11 is 0. The third-order valence-electron chi connectivity index (χ3n) is 5.57. The third kappa shape index (κ3) is 5.42. The van der Waals surface area contributed by atoms with Crippen LogP contribution in [0, 0.1) is 0 Å². The molecule has 1 unspecified atom stereocenters. The van der Waals surface area contributed by atoms with Gasteiger partial charge in [-0.2, -0.15) is 4.98 Å². The van der Waals surface area contributed by atoms with Gasteiger partial charge in [-0.25, -0.2) is 0 Å². The molecule has 2 N–H and O–H groups in total. The number of aromatic nitrogens is 2. The fourth-order valence-corrected chi connectivity index (χ4v) is 3.79. The Morgan fingerprint density at radius 1 is 1.16 bits per heavy atom. The highest BCUT2D eigenvalue weighted by Crippen LogP contribution is 2.20. The molecule has 0 radical (unpaired) electrons. The van der Waals surface area contributed by atoms with Crippen molar-refractivity contribution in [2.24, 2.45) is 4.99 Å². The van der Waals surface area contributed by atoms with Crippen LogP contribution in [0.2, 0.25) is 0 Å². The molecule has 1 atom stereocenters. The fourth-order valence-electron chi connectivity index (χ4n) is 3.79. The molecule has 3 aromatic rings. The van der Waals surface area contributed by atoms with E-state index in [4.69, 9.17) is 4.52 Å². The minimum Gasteiger partial charge on any atom is -0.369 e. The molecule has 7 nitrogen and oxygen atoms in total. The van der Waals surface area contributed by atoms with E-state index in [2.05, 4.69) is 73.1 Å². The van der Waals surface area contributed by atoms with Crippen molar-refractivity contribution < 1.29 is 4.52 Å². The van der Waals surface area contributed by atoms with Crippen molar-refractivity contribution in [3.05, 3.63) is 66.0 Å². The van der Waals surface area contributed by atoms with E-state index in [1.54, 1.807) is 0 Å². The average Bonchev–Trinajstić information content (AvgIpc) is 3.49. The van der Waals surface area contributed by atoms with Gasteiger partial charge in [0.05, 0.1) is 0 Å². The molecule has 1 saturated heterocycles. The van der Waals surface area contributed by atoms with Crippen molar-refractivity contribution in [1.82, 2.24) is 20.8 Å². The monoisotopic (exact) mass is 418 g/mol. The maximum atomic E-state index is 5.31. The summed E-state index contributed by atoms with van der Waals surface area (Å²) in [6.45, 7) is 4.88. The molecule has 31 heavy (non-hydrogen) atoms. The molecule has 162 valence electrons. The Balaban J connectivity index is 1.23. The lowest BCUT2D eigenvalue weighted by atomic mass is 10.1. The number of hydrogen-bond acceptors (Lipinski definition) is 5. The SMILES string of the molecule is CCc1noc(-c2ccc(CCNC(=NC)NC3CCN(c4ccccc4)C3)cc2)n1. The summed E-state index contributed by atoms with van der Waals surface area (Å²) in [5.74, 6) is 2.16. The molecule has 1 aliphatic heterocycles. The first-order valence-corrected chi connectivity index (χ1v) is 10.9. The number of nitrogens with zero attached hydrogens (tertiary/aromatic N) is 4. The zero-order valence-corrected chi connectivity index (χ0v) is 18.2. The van der Waals surface area contributed by atoms with Crippen molar-refractivity contribution in [2.45, 2.75) is 32.2 Å². The van der Waals surface area contributed by atoms with Crippen LogP contribution >= 0.6 is 0 Å². The highest BCUT2D eigenvalue weighted by atomic mass is 16.5. The number of hydrogen-bond donors (Lipinski definition) is 2. The molecule has 2 heterocycles. The lowest BCUT2D eigenvalue weighted by Crippen LogP contribution is -2.45. The van der Waals surface area contributed by atoms with Crippen LogP contribution in [-0.4, -0.2) is 48.8 Å². The molecule has 0 bridgehead atoms. The molecular formula is C24H30N6O. The van der Waals surface area contributed by atoms with Gasteiger partial charge in [0.15, 0.2) is 11.8 Å². The number of anilines is 1. The molecule has 4 rings (SSSR count). The molecule has 2 aromatic carbocycles. The van der Waals surface area contributed by atoms with Gasteiger partial charge in [0.2, 0.25) is 0 Å². The molecule has 0 saturated carbocycles. The molecule has 7 heteroatoms. The summed E-state index contributed by atoms with van der Waals surface area (Å²) in [6.07, 6.45) is 2.78. The quantitative estimate of drug-likeness (QED) is 0.453. The summed E-state index contributed by atoms with van der Waals surface area (Å²) in [5.41, 5.74) is 3.48. The van der Waals surface area contributed by atoms with E-state index in [0.29, 0.717) is 11.9 Å². The van der Waals surface area contributed by atoms with Gasteiger partial charge >= 0.3 is 0 Å². The molecule has 0 aliphatic carbocycles. The van der Waals surface area contributed by atoms with E-state index >= 15 is 0 Å². The Labute approximate surface area is 183 Å². The first-order chi connectivity index (χ1) is 15.2. The third-order valence-corrected chi connectivity index (χ3v) is 5.57. The largest absolute Gasteiger partial charge is 0.369 e. The van der Waals surface area contributed by atoms with E-state index < -0.39 is 0 Å². The van der Waals surface area contributed by atoms with Crippen LogP contribution in [0.5, 0.6) is 0 Å². The summed E-state index contributed by atoms with van der Waals surface area (Å²) in [4.78, 5) is 11.2. The van der Waals surface area contributed by atoms with Crippen LogP contribution in [0.1, 0.15) is 24.7 Å². The Kier molecular flexibility index (Phi) is 6.82. The second kappa shape index (κ2) is 10.1. The van der Waals surface area contributed by atoms with Gasteiger partial charge < -0.3 is 20.1 Å². The van der Waals surface area contributed by atoms with E-state index in [9.17, 15) is 0 Å². The molecule has 0 spiro atoms. The summed E-state index contributed by atoms with van der Waals surface area (Å²) in [6, 6.07) is 19.3. The predicted molar refractivity (Wildman–Crippen MR) is 124 cm³/mol. The molecule has 1 aromatic heterocycles. The number of nitrogens with one attached hydrogen (secondary N) is 2. The van der Waals surface area contributed by atoms with Gasteiger partial charge in [-0.1, -0.05) is 42.4 Å². The Morgan fingerprint density at radius 2 is 1.97 bits per heavy atom. The lowest BCUT2D eigenvalue weighted by molar-refractivity contribution is 0.423. The van der Waals surface area contributed by atoms with Gasteiger partial charge in [-0.15, -0.1) is 0 Å². The van der Waals surface area contributed by atoms with Crippen LogP contribution in [0.4, 0.5) is 5.69 Å². The van der Waals surface area contributed by atoms with Crippen molar-refractivity contribution in [1.29, 1.82) is 0 Å². The number of aryl methyl sites for hydroxylation is 1. The zero-order valence-electron chi connectivity index (χ0n) is 18.2. The predicted octanol–water partition coefficient (Wildman–Crippen LogP) is 3.29. The van der Waals surface area contributed by atoms with Crippen LogP contribution < -0.4 is 15.5 Å². The number of benzene rings is 2. The summed E-state index contributed by atoms with van der Waals surface area (Å²) in [7, 11) is 1.82. The fraction of sp³-hybridized carbons (Fsp3) is 0.375. The van der Waals surface area contributed by atoms with Crippen molar-refractivity contribution in [3.8, 4) is 11.5 Å². The summed E-state index contributed by atoms with van der Waals surface area (Å²) < 4.78 is 5.31. The van der Waals surface area contributed by atoms with Crippen LogP contribution in [0.25, 0.3) is 11.5 Å². The maximum absolute atomic E-state index is 5.31. The lowest BCUT2D eigenvalue weighted by Gasteiger charge is -2.20. The first kappa shape index (κ1) is 20.9. The normalized spacial score (nSPS) is 16.5. The highest BCUT2D eigenvalue weighted by Gasteiger charge is 2.23. The smallest absolute Gasteiger partial charge is 0.257 e. The number of guanidine groups is 1. The van der Waals surface area contributed by atoms with Crippen LogP contribution in [0.3, 0.4) is 0 Å². The van der Waals surface area contributed by atoms with E-state index in [1.165, 1.54) is 11.3 Å². The van der Waals surface area contributed by atoms with Crippen molar-refractivity contribution in [2.75, 3.05) is 31.6 Å². The molecule has 1 aliphatic rings. The summed E-state index contributed by atoms with van der Waals surface area (Å²) in [5, 5.41) is 11.0. The highest BCUT2D eigenvalue weighted by molar-refractivity contribution is 5.80. The minimum absolute atomic E-state index is 0.396. The Bertz CT molecular complexity index is 983. The molecular weight excluding hydrogens is 388 g/mol. The van der Waals surface area contributed by atoms with E-state index in [-0.39, 0.29) is 0 Å². The van der Waals surface area contributed by atoms with Gasteiger partial charge in [0.25, 0.3) is 5.89 Å². The molecule has 1 fully saturated rings. The van der Waals surface area contributed by atoms with Crippen molar-refractivity contribution in [3.63, 3.8) is 0 Å². The average molecular weight is 419 g/mol. The standard InChI is InChI=1S/C24H30N6O/c1-3-22-28-23(31-29-22)19-11-9-18(10-12-19)13-15-26-24(25-2)27-20-14-16-30(17-20)21-7-5-4-6-8-21/h4-12,20H,3,13-17H2,1-2H3,(H2,25,26,27). The molecule has 0 amide bonds. The van der Waals surface area contributed by atoms with Gasteiger partial charge in [0.1, 0.15) is 0 Å². The minimum atomic E-state index is 0.396. The number of rotatable bonds is 7. The first-order valence-electron chi connectivity index (χ1n) is 10.9. The van der Waals surface area contributed by atoms with Crippen LogP contribution in [-0.2, 0) is 12.8 Å². The van der Waals surface area contributed by atoms with E-state index in [0.717, 1.165) is 56.2 Å². The Hall–Kier alpha value is -3.35. The second-order valence-electron chi connectivity index (χ2n) is 7.73. The number of aliphatic imine (C=N–C) groups is 1. The van der Waals surface area contributed by atoms with E-state index in [1.807, 2.05) is 26.1 Å². The van der Waals surface area contributed by atoms with Crippen LogP contribution in [0.15, 0.2) is 64.1 Å². The second-order valence-corrected chi connectivity index (χ2v) is 7.73. The maximum Gasteiger partial charge on any atom is 0.257 e. The topological polar surface area (TPSA) is 78.6 Å². The van der Waals surface area contributed by atoms with Crippen molar-refractivity contribution >= 4 is 11.6 Å². The Morgan fingerprint density at radius 3 is 2.68 bits per heavy atom. The van der Waals surface area contributed by atoms with Gasteiger partial charge in [-0.3, -0.25) is 4.99 Å². The van der Waals surface area contributed by atoms with Gasteiger partial charge in [0, 0.05) is 50.4 Å². The number of para-hydroxylation sites is 1. The van der Waals surface area contributed by atoms with Gasteiger partial charge in [-0.05, 0) is 42.7 Å². The zero-order chi connectivity index (χ0) is 21.5.